The minimum Gasteiger partial charge on any atom is -0.469 e. The third kappa shape index (κ3) is 3.89. The van der Waals surface area contributed by atoms with Crippen molar-refractivity contribution in [2.24, 2.45) is 5.10 Å². The van der Waals surface area contributed by atoms with Crippen LogP contribution in [0, 0.1) is 6.92 Å². The van der Waals surface area contributed by atoms with Crippen molar-refractivity contribution in [3.05, 3.63) is 77.6 Å². The van der Waals surface area contributed by atoms with Gasteiger partial charge in [0.2, 0.25) is 0 Å². The van der Waals surface area contributed by atoms with E-state index < -0.39 is 0 Å². The van der Waals surface area contributed by atoms with Gasteiger partial charge in [0.1, 0.15) is 5.76 Å². The molecule has 2 heterocycles. The first kappa shape index (κ1) is 17.2. The van der Waals surface area contributed by atoms with Crippen LogP contribution in [0.15, 0.2) is 68.9 Å². The van der Waals surface area contributed by atoms with Crippen molar-refractivity contribution in [1.82, 2.24) is 5.43 Å². The maximum absolute atomic E-state index is 12.0. The molecule has 0 saturated heterocycles. The number of nitrogens with zero attached hydrogens (tertiary/aromatic N) is 1. The van der Waals surface area contributed by atoms with Crippen molar-refractivity contribution in [1.29, 1.82) is 0 Å². The van der Waals surface area contributed by atoms with Gasteiger partial charge < -0.3 is 14.2 Å². The van der Waals surface area contributed by atoms with Crippen LogP contribution in [-0.4, -0.2) is 17.5 Å². The van der Waals surface area contributed by atoms with E-state index in [-0.39, 0.29) is 17.6 Å². The van der Waals surface area contributed by atoms with Crippen LogP contribution < -0.4 is 10.7 Å². The summed E-state index contributed by atoms with van der Waals surface area (Å²) in [6.45, 7) is 3.49. The molecule has 0 saturated carbocycles. The van der Waals surface area contributed by atoms with Gasteiger partial charge in [-0.05, 0) is 49.7 Å². The molecule has 0 radical (unpaired) electrons. The molecule has 0 unspecified atom stereocenters. The minimum atomic E-state index is -0.335. The Morgan fingerprint density at radius 2 is 1.73 bits per heavy atom. The highest BCUT2D eigenvalue weighted by atomic mass is 16.3. The lowest BCUT2D eigenvalue weighted by molar-refractivity contribution is 0.0952. The van der Waals surface area contributed by atoms with Gasteiger partial charge >= 0.3 is 0 Å². The van der Waals surface area contributed by atoms with E-state index in [1.165, 1.54) is 12.5 Å². The van der Waals surface area contributed by atoms with E-state index >= 15 is 0 Å². The lowest BCUT2D eigenvalue weighted by Crippen LogP contribution is -2.19. The fraction of sp³-hybridized carbons (Fsp3) is 0.105. The average Bonchev–Trinajstić information content (AvgIpc) is 3.31. The summed E-state index contributed by atoms with van der Waals surface area (Å²) in [4.78, 5) is 23.9. The van der Waals surface area contributed by atoms with Gasteiger partial charge in [0.25, 0.3) is 11.8 Å². The molecule has 26 heavy (non-hydrogen) atoms. The standard InChI is InChI=1S/C19H17N3O4/c1-12(21-22-18(23)16-9-11-25-13(16)2)14-5-7-15(8-6-14)20-19(24)17-4-3-10-26-17/h3-11H,1-2H3,(H,20,24)(H,22,23)/b21-12+. The lowest BCUT2D eigenvalue weighted by atomic mass is 10.1. The summed E-state index contributed by atoms with van der Waals surface area (Å²) < 4.78 is 10.1. The molecule has 2 amide bonds. The van der Waals surface area contributed by atoms with Crippen LogP contribution in [0.4, 0.5) is 5.69 Å². The topological polar surface area (TPSA) is 96.8 Å². The molecule has 0 spiro atoms. The summed E-state index contributed by atoms with van der Waals surface area (Å²) in [6.07, 6.45) is 2.90. The van der Waals surface area contributed by atoms with E-state index in [1.54, 1.807) is 56.3 Å². The molecule has 7 heteroatoms. The second kappa shape index (κ2) is 7.52. The molecule has 0 aliphatic carbocycles. The average molecular weight is 351 g/mol. The summed E-state index contributed by atoms with van der Waals surface area (Å²) in [7, 11) is 0. The molecule has 2 aromatic heterocycles. The van der Waals surface area contributed by atoms with Gasteiger partial charge in [-0.15, -0.1) is 0 Å². The van der Waals surface area contributed by atoms with E-state index in [4.69, 9.17) is 8.83 Å². The number of hydrogen-bond acceptors (Lipinski definition) is 5. The van der Waals surface area contributed by atoms with Crippen molar-refractivity contribution in [2.75, 3.05) is 5.32 Å². The fourth-order valence-corrected chi connectivity index (χ4v) is 2.28. The Morgan fingerprint density at radius 3 is 2.35 bits per heavy atom. The summed E-state index contributed by atoms with van der Waals surface area (Å²) in [5.41, 5.74) is 5.00. The SMILES string of the molecule is C/C(=N\NC(=O)c1ccoc1C)c1ccc(NC(=O)c2ccco2)cc1. The summed E-state index contributed by atoms with van der Waals surface area (Å²) in [5.74, 6) is 0.116. The first-order valence-corrected chi connectivity index (χ1v) is 7.88. The quantitative estimate of drug-likeness (QED) is 0.542. The highest BCUT2D eigenvalue weighted by Crippen LogP contribution is 2.13. The zero-order chi connectivity index (χ0) is 18.5. The van der Waals surface area contributed by atoms with Crippen LogP contribution in [0.2, 0.25) is 0 Å². The molecular weight excluding hydrogens is 334 g/mol. The van der Waals surface area contributed by atoms with Crippen LogP contribution in [0.25, 0.3) is 0 Å². The molecule has 0 bridgehead atoms. The van der Waals surface area contributed by atoms with Crippen LogP contribution in [-0.2, 0) is 0 Å². The first-order valence-electron chi connectivity index (χ1n) is 7.88. The van der Waals surface area contributed by atoms with E-state index in [2.05, 4.69) is 15.8 Å². The van der Waals surface area contributed by atoms with Crippen LogP contribution in [0.3, 0.4) is 0 Å². The number of hydrazone groups is 1. The van der Waals surface area contributed by atoms with E-state index in [0.717, 1.165) is 5.56 Å². The number of benzene rings is 1. The number of anilines is 1. The first-order chi connectivity index (χ1) is 12.5. The summed E-state index contributed by atoms with van der Waals surface area (Å²) >= 11 is 0. The third-order valence-electron chi connectivity index (χ3n) is 3.73. The third-order valence-corrected chi connectivity index (χ3v) is 3.73. The van der Waals surface area contributed by atoms with Crippen LogP contribution in [0.5, 0.6) is 0 Å². The Kier molecular flexibility index (Phi) is 4.98. The molecule has 132 valence electrons. The number of carbonyl (C=O) groups is 2. The summed E-state index contributed by atoms with van der Waals surface area (Å²) in [5, 5.41) is 6.83. The molecular formula is C19H17N3O4. The minimum absolute atomic E-state index is 0.240. The van der Waals surface area contributed by atoms with E-state index in [0.29, 0.717) is 22.7 Å². The molecule has 3 aromatic rings. The van der Waals surface area contributed by atoms with Gasteiger partial charge in [-0.2, -0.15) is 5.10 Å². The lowest BCUT2D eigenvalue weighted by Gasteiger charge is -2.06. The molecule has 0 aliphatic heterocycles. The normalized spacial score (nSPS) is 11.2. The Morgan fingerprint density at radius 1 is 0.962 bits per heavy atom. The maximum atomic E-state index is 12.0. The van der Waals surface area contributed by atoms with Gasteiger partial charge in [0, 0.05) is 5.69 Å². The van der Waals surface area contributed by atoms with Crippen LogP contribution in [0.1, 0.15) is 39.2 Å². The highest BCUT2D eigenvalue weighted by Gasteiger charge is 2.11. The molecule has 0 atom stereocenters. The van der Waals surface area contributed by atoms with Gasteiger partial charge in [0.05, 0.1) is 23.8 Å². The van der Waals surface area contributed by atoms with E-state index in [1.807, 2.05) is 0 Å². The number of nitrogens with one attached hydrogen (secondary N) is 2. The predicted molar refractivity (Wildman–Crippen MR) is 96.2 cm³/mol. The Balaban J connectivity index is 1.63. The van der Waals surface area contributed by atoms with Crippen LogP contribution >= 0.6 is 0 Å². The number of aryl methyl sites for hydroxylation is 1. The number of carbonyl (C=O) groups excluding carboxylic acids is 2. The summed E-state index contributed by atoms with van der Waals surface area (Å²) in [6, 6.07) is 11.9. The predicted octanol–water partition coefficient (Wildman–Crippen LogP) is 3.59. The van der Waals surface area contributed by atoms with Gasteiger partial charge in [0.15, 0.2) is 5.76 Å². The molecule has 2 N–H and O–H groups in total. The van der Waals surface area contributed by atoms with Crippen molar-refractivity contribution in [3.8, 4) is 0 Å². The smallest absolute Gasteiger partial charge is 0.291 e. The Labute approximate surface area is 149 Å². The number of rotatable bonds is 5. The number of amides is 2. The largest absolute Gasteiger partial charge is 0.469 e. The Hall–Kier alpha value is -3.61. The maximum Gasteiger partial charge on any atom is 0.291 e. The van der Waals surface area contributed by atoms with Gasteiger partial charge in [-0.25, -0.2) is 5.43 Å². The highest BCUT2D eigenvalue weighted by molar-refractivity contribution is 6.03. The van der Waals surface area contributed by atoms with Crippen molar-refractivity contribution < 1.29 is 18.4 Å². The molecule has 0 aliphatic rings. The molecule has 3 rings (SSSR count). The van der Waals surface area contributed by atoms with Crippen molar-refractivity contribution in [3.63, 3.8) is 0 Å². The second-order valence-electron chi connectivity index (χ2n) is 5.54. The molecule has 7 nitrogen and oxygen atoms in total. The fourth-order valence-electron chi connectivity index (χ4n) is 2.28. The Bertz CT molecular complexity index is 938. The van der Waals surface area contributed by atoms with Crippen molar-refractivity contribution in [2.45, 2.75) is 13.8 Å². The monoisotopic (exact) mass is 351 g/mol. The number of hydrogen-bond donors (Lipinski definition) is 2. The van der Waals surface area contributed by atoms with Gasteiger partial charge in [-0.3, -0.25) is 9.59 Å². The zero-order valence-electron chi connectivity index (χ0n) is 14.3. The zero-order valence-corrected chi connectivity index (χ0v) is 14.3. The number of furan rings is 2. The van der Waals surface area contributed by atoms with E-state index in [9.17, 15) is 9.59 Å². The molecule has 1 aromatic carbocycles. The second-order valence-corrected chi connectivity index (χ2v) is 5.54. The van der Waals surface area contributed by atoms with Gasteiger partial charge in [-0.1, -0.05) is 12.1 Å². The molecule has 0 fully saturated rings. The van der Waals surface area contributed by atoms with Crippen molar-refractivity contribution >= 4 is 23.2 Å².